The van der Waals surface area contributed by atoms with E-state index in [9.17, 15) is 9.59 Å². The summed E-state index contributed by atoms with van der Waals surface area (Å²) in [6.07, 6.45) is 1.88. The van der Waals surface area contributed by atoms with Gasteiger partial charge in [-0.15, -0.1) is 0 Å². The van der Waals surface area contributed by atoms with E-state index in [-0.39, 0.29) is 23.5 Å². The van der Waals surface area contributed by atoms with Crippen LogP contribution in [0.5, 0.6) is 0 Å². The van der Waals surface area contributed by atoms with Crippen LogP contribution in [0, 0.1) is 0 Å². The van der Waals surface area contributed by atoms with Crippen molar-refractivity contribution in [3.8, 4) is 0 Å². The molecule has 5 nitrogen and oxygen atoms in total. The maximum Gasteiger partial charge on any atom is 0.347 e. The zero-order valence-corrected chi connectivity index (χ0v) is 12.1. The maximum atomic E-state index is 12.3. The third kappa shape index (κ3) is 1.46. The van der Waals surface area contributed by atoms with Gasteiger partial charge in [0.05, 0.1) is 12.1 Å². The minimum absolute atomic E-state index is 0.0385. The summed E-state index contributed by atoms with van der Waals surface area (Å²) in [7, 11) is 1.55. The highest BCUT2D eigenvalue weighted by Gasteiger charge is 2.45. The Morgan fingerprint density at radius 2 is 1.52 bits per heavy atom. The van der Waals surface area contributed by atoms with Crippen molar-refractivity contribution in [2.75, 3.05) is 0 Å². The fourth-order valence-electron chi connectivity index (χ4n) is 3.85. The molecule has 1 fully saturated rings. The zero-order valence-electron chi connectivity index (χ0n) is 12.1. The van der Waals surface area contributed by atoms with Crippen molar-refractivity contribution in [3.05, 3.63) is 62.4 Å². The van der Waals surface area contributed by atoms with Crippen molar-refractivity contribution >= 4 is 5.57 Å². The quantitative estimate of drug-likeness (QED) is 0.800. The molecule has 2 aliphatic rings. The lowest BCUT2D eigenvalue weighted by Gasteiger charge is -2.12. The second kappa shape index (κ2) is 4.10. The predicted molar refractivity (Wildman–Crippen MR) is 80.3 cm³/mol. The fourth-order valence-corrected chi connectivity index (χ4v) is 3.85. The summed E-state index contributed by atoms with van der Waals surface area (Å²) < 4.78 is 4.51. The van der Waals surface area contributed by atoms with Gasteiger partial charge in [-0.3, -0.25) is 0 Å². The lowest BCUT2D eigenvalue weighted by molar-refractivity contribution is 0.374. The van der Waals surface area contributed by atoms with Gasteiger partial charge in [-0.05, 0) is 36.5 Å². The van der Waals surface area contributed by atoms with E-state index in [0.717, 1.165) is 12.8 Å². The van der Waals surface area contributed by atoms with Gasteiger partial charge in [0, 0.05) is 7.05 Å². The number of benzene rings is 1. The fraction of sp³-hybridized carbons (Fsp3) is 0.375. The SMILES string of the molecule is CC(=C1C2CCC1n1c(=O)n(C)c(=O)n12)c1ccccc1. The molecule has 0 N–H and O–H groups in total. The molecule has 0 amide bonds. The first-order chi connectivity index (χ1) is 10.1. The molecule has 0 spiro atoms. The van der Waals surface area contributed by atoms with Crippen molar-refractivity contribution in [3.63, 3.8) is 0 Å². The third-order valence-electron chi connectivity index (χ3n) is 4.86. The number of aromatic nitrogens is 3. The highest BCUT2D eigenvalue weighted by atomic mass is 16.2. The molecular weight excluding hydrogens is 266 g/mol. The second-order valence-electron chi connectivity index (χ2n) is 5.87. The van der Waals surface area contributed by atoms with Crippen LogP contribution in [0.2, 0.25) is 0 Å². The third-order valence-corrected chi connectivity index (χ3v) is 4.86. The van der Waals surface area contributed by atoms with E-state index in [0.29, 0.717) is 0 Å². The highest BCUT2D eigenvalue weighted by Crippen LogP contribution is 2.50. The summed E-state index contributed by atoms with van der Waals surface area (Å²) in [5.41, 5.74) is 3.19. The molecule has 4 rings (SSSR count). The van der Waals surface area contributed by atoms with Gasteiger partial charge in [-0.25, -0.2) is 23.5 Å². The summed E-state index contributed by atoms with van der Waals surface area (Å²) >= 11 is 0. The van der Waals surface area contributed by atoms with Crippen LogP contribution in [-0.2, 0) is 7.05 Å². The molecule has 2 aromatic rings. The largest absolute Gasteiger partial charge is 0.347 e. The van der Waals surface area contributed by atoms with Crippen LogP contribution in [0.4, 0.5) is 0 Å². The Morgan fingerprint density at radius 3 is 2.05 bits per heavy atom. The molecule has 108 valence electrons. The molecule has 2 unspecified atom stereocenters. The summed E-state index contributed by atoms with van der Waals surface area (Å²) in [6, 6.07) is 10.3. The Kier molecular flexibility index (Phi) is 2.43. The molecule has 1 aromatic carbocycles. The zero-order chi connectivity index (χ0) is 14.7. The van der Waals surface area contributed by atoms with E-state index in [4.69, 9.17) is 0 Å². The van der Waals surface area contributed by atoms with Crippen LogP contribution in [-0.4, -0.2) is 13.9 Å². The summed E-state index contributed by atoms with van der Waals surface area (Å²) in [5.74, 6) is 0. The first-order valence-corrected chi connectivity index (χ1v) is 7.27. The van der Waals surface area contributed by atoms with Crippen molar-refractivity contribution in [1.29, 1.82) is 0 Å². The minimum Gasteiger partial charge on any atom is -0.246 e. The van der Waals surface area contributed by atoms with Gasteiger partial charge >= 0.3 is 11.4 Å². The van der Waals surface area contributed by atoms with E-state index in [1.165, 1.54) is 21.3 Å². The monoisotopic (exact) mass is 283 g/mol. The van der Waals surface area contributed by atoms with E-state index < -0.39 is 0 Å². The Morgan fingerprint density at radius 1 is 1.00 bits per heavy atom. The number of nitrogens with zero attached hydrogens (tertiary/aromatic N) is 3. The topological polar surface area (TPSA) is 48.9 Å². The number of allylic oxidation sites excluding steroid dienone is 2. The van der Waals surface area contributed by atoms with Gasteiger partial charge in [0.1, 0.15) is 0 Å². The van der Waals surface area contributed by atoms with E-state index in [2.05, 4.69) is 19.1 Å². The Bertz CT molecular complexity index is 822. The Balaban J connectivity index is 1.95. The smallest absolute Gasteiger partial charge is 0.246 e. The molecule has 2 heterocycles. The van der Waals surface area contributed by atoms with Gasteiger partial charge in [0.2, 0.25) is 0 Å². The average Bonchev–Trinajstić information content (AvgIpc) is 3.14. The number of hydrogen-bond acceptors (Lipinski definition) is 2. The molecule has 2 atom stereocenters. The summed E-state index contributed by atoms with van der Waals surface area (Å²) in [4.78, 5) is 24.5. The highest BCUT2D eigenvalue weighted by molar-refractivity contribution is 5.69. The molecule has 5 heteroatoms. The van der Waals surface area contributed by atoms with Crippen LogP contribution in [0.3, 0.4) is 0 Å². The van der Waals surface area contributed by atoms with E-state index in [1.807, 2.05) is 18.2 Å². The van der Waals surface area contributed by atoms with Crippen molar-refractivity contribution in [1.82, 2.24) is 13.9 Å². The first kappa shape index (κ1) is 12.4. The van der Waals surface area contributed by atoms with Gasteiger partial charge in [-0.1, -0.05) is 30.3 Å². The van der Waals surface area contributed by atoms with Crippen LogP contribution in [0.25, 0.3) is 5.57 Å². The van der Waals surface area contributed by atoms with Gasteiger partial charge in [0.15, 0.2) is 0 Å². The van der Waals surface area contributed by atoms with Crippen LogP contribution in [0.15, 0.2) is 45.5 Å². The standard InChI is InChI=1S/C16H17N3O2/c1-10(11-6-4-3-5-7-11)14-12-8-9-13(14)19-16(21)17(2)15(20)18(12)19/h3-7,12-13H,8-9H2,1-2H3. The van der Waals surface area contributed by atoms with Crippen molar-refractivity contribution < 1.29 is 0 Å². The second-order valence-corrected chi connectivity index (χ2v) is 5.87. The molecular formula is C16H17N3O2. The lowest BCUT2D eigenvalue weighted by atomic mass is 9.97. The number of rotatable bonds is 1. The van der Waals surface area contributed by atoms with Gasteiger partial charge < -0.3 is 0 Å². The molecule has 21 heavy (non-hydrogen) atoms. The molecule has 1 saturated carbocycles. The van der Waals surface area contributed by atoms with Crippen LogP contribution in [0.1, 0.15) is 37.4 Å². The van der Waals surface area contributed by atoms with Crippen molar-refractivity contribution in [2.45, 2.75) is 31.8 Å². The van der Waals surface area contributed by atoms with Crippen LogP contribution >= 0.6 is 0 Å². The normalized spacial score (nSPS) is 22.7. The Hall–Kier alpha value is -2.30. The lowest BCUT2D eigenvalue weighted by Crippen LogP contribution is -2.27. The predicted octanol–water partition coefficient (Wildman–Crippen LogP) is 1.71. The van der Waals surface area contributed by atoms with Gasteiger partial charge in [-0.2, -0.15) is 0 Å². The van der Waals surface area contributed by atoms with Gasteiger partial charge in [0.25, 0.3) is 0 Å². The average molecular weight is 283 g/mol. The summed E-state index contributed by atoms with van der Waals surface area (Å²) in [5, 5.41) is 0. The molecule has 1 aliphatic carbocycles. The van der Waals surface area contributed by atoms with Crippen LogP contribution < -0.4 is 11.4 Å². The van der Waals surface area contributed by atoms with E-state index >= 15 is 0 Å². The van der Waals surface area contributed by atoms with Crippen molar-refractivity contribution in [2.24, 2.45) is 7.05 Å². The Labute approximate surface area is 121 Å². The molecule has 0 saturated heterocycles. The molecule has 1 aliphatic heterocycles. The number of fused-ring (bicyclic) bond motifs is 5. The molecule has 0 radical (unpaired) electrons. The van der Waals surface area contributed by atoms with E-state index in [1.54, 1.807) is 16.4 Å². The molecule has 1 aromatic heterocycles. The first-order valence-electron chi connectivity index (χ1n) is 7.27. The maximum absolute atomic E-state index is 12.3. The minimum atomic E-state index is -0.203. The summed E-state index contributed by atoms with van der Waals surface area (Å²) in [6.45, 7) is 2.10. The molecule has 2 bridgehead atoms. The number of hydrogen-bond donors (Lipinski definition) is 0.